The molecule has 1 aromatic heterocycles. The van der Waals surface area contributed by atoms with Gasteiger partial charge >= 0.3 is 0 Å². The number of hydrogen-bond donors (Lipinski definition) is 0. The van der Waals surface area contributed by atoms with Crippen LogP contribution in [0, 0.1) is 0 Å². The standard InChI is InChI=1S/C10H15N2S/c1-2-9-7-13-10(12-9)8-3-5-11-6-4-8/h7-8H,2-6H2,1H3. The second kappa shape index (κ2) is 4.20. The third-order valence-electron chi connectivity index (χ3n) is 2.55. The van der Waals surface area contributed by atoms with E-state index >= 15 is 0 Å². The van der Waals surface area contributed by atoms with E-state index in [-0.39, 0.29) is 0 Å². The van der Waals surface area contributed by atoms with Gasteiger partial charge in [-0.05, 0) is 19.3 Å². The first-order valence-electron chi connectivity index (χ1n) is 4.97. The third kappa shape index (κ3) is 2.09. The summed E-state index contributed by atoms with van der Waals surface area (Å²) in [6.07, 6.45) is 3.47. The van der Waals surface area contributed by atoms with Crippen molar-refractivity contribution in [3.8, 4) is 0 Å². The summed E-state index contributed by atoms with van der Waals surface area (Å²) in [5.41, 5.74) is 1.25. The second-order valence-electron chi connectivity index (χ2n) is 3.48. The molecule has 0 aromatic carbocycles. The van der Waals surface area contributed by atoms with Crippen LogP contribution in [-0.2, 0) is 6.42 Å². The normalized spacial score (nSPS) is 19.2. The predicted molar refractivity (Wildman–Crippen MR) is 55.3 cm³/mol. The number of thiazole rings is 1. The molecule has 71 valence electrons. The topological polar surface area (TPSA) is 27.0 Å². The molecule has 2 nitrogen and oxygen atoms in total. The van der Waals surface area contributed by atoms with Gasteiger partial charge in [0.05, 0.1) is 10.7 Å². The number of nitrogens with zero attached hydrogens (tertiary/aromatic N) is 2. The smallest absolute Gasteiger partial charge is 0.0960 e. The lowest BCUT2D eigenvalue weighted by molar-refractivity contribution is 0.452. The van der Waals surface area contributed by atoms with Crippen LogP contribution < -0.4 is 5.32 Å². The lowest BCUT2D eigenvalue weighted by atomic mass is 9.99. The fourth-order valence-electron chi connectivity index (χ4n) is 1.67. The first-order chi connectivity index (χ1) is 6.40. The summed E-state index contributed by atoms with van der Waals surface area (Å²) in [4.78, 5) is 4.63. The Labute approximate surface area is 83.4 Å². The minimum absolute atomic E-state index is 0.697. The maximum absolute atomic E-state index is 4.63. The molecule has 0 amide bonds. The van der Waals surface area contributed by atoms with Crippen molar-refractivity contribution >= 4 is 11.3 Å². The van der Waals surface area contributed by atoms with E-state index in [0.717, 1.165) is 19.5 Å². The maximum Gasteiger partial charge on any atom is 0.0960 e. The Hall–Kier alpha value is -0.410. The first-order valence-corrected chi connectivity index (χ1v) is 5.85. The molecule has 0 bridgehead atoms. The summed E-state index contributed by atoms with van der Waals surface area (Å²) in [6.45, 7) is 4.23. The van der Waals surface area contributed by atoms with Crippen molar-refractivity contribution < 1.29 is 0 Å². The van der Waals surface area contributed by atoms with Crippen molar-refractivity contribution in [1.29, 1.82) is 0 Å². The summed E-state index contributed by atoms with van der Waals surface area (Å²) in [5.74, 6) is 0.697. The van der Waals surface area contributed by atoms with Gasteiger partial charge in [-0.3, -0.25) is 0 Å². The van der Waals surface area contributed by atoms with E-state index in [4.69, 9.17) is 0 Å². The molecule has 0 aliphatic carbocycles. The van der Waals surface area contributed by atoms with Gasteiger partial charge in [0.25, 0.3) is 0 Å². The highest BCUT2D eigenvalue weighted by Crippen LogP contribution is 2.28. The maximum atomic E-state index is 4.63. The van der Waals surface area contributed by atoms with Gasteiger partial charge in [0.1, 0.15) is 0 Å². The molecule has 1 aliphatic heterocycles. The summed E-state index contributed by atoms with van der Waals surface area (Å²) in [7, 11) is 0. The lowest BCUT2D eigenvalue weighted by Gasteiger charge is -2.18. The molecule has 13 heavy (non-hydrogen) atoms. The molecule has 0 spiro atoms. The highest BCUT2D eigenvalue weighted by molar-refractivity contribution is 7.09. The Kier molecular flexibility index (Phi) is 2.96. The Morgan fingerprint density at radius 2 is 2.23 bits per heavy atom. The average molecular weight is 195 g/mol. The van der Waals surface area contributed by atoms with E-state index in [1.165, 1.54) is 23.5 Å². The highest BCUT2D eigenvalue weighted by Gasteiger charge is 2.18. The van der Waals surface area contributed by atoms with Gasteiger partial charge in [-0.2, -0.15) is 0 Å². The Morgan fingerprint density at radius 1 is 1.46 bits per heavy atom. The largest absolute Gasteiger partial charge is 0.246 e. The number of piperidine rings is 1. The minimum Gasteiger partial charge on any atom is -0.246 e. The molecule has 1 radical (unpaired) electrons. The average Bonchev–Trinajstić information content (AvgIpc) is 2.67. The van der Waals surface area contributed by atoms with E-state index in [1.807, 2.05) is 11.3 Å². The number of hydrogen-bond acceptors (Lipinski definition) is 2. The van der Waals surface area contributed by atoms with Crippen LogP contribution in [-0.4, -0.2) is 18.1 Å². The lowest BCUT2D eigenvalue weighted by Crippen LogP contribution is -2.20. The molecule has 0 atom stereocenters. The molecule has 1 aromatic rings. The highest BCUT2D eigenvalue weighted by atomic mass is 32.1. The van der Waals surface area contributed by atoms with Crippen molar-refractivity contribution in [2.24, 2.45) is 0 Å². The van der Waals surface area contributed by atoms with Gasteiger partial charge in [0, 0.05) is 24.4 Å². The Bertz CT molecular complexity index is 264. The van der Waals surface area contributed by atoms with Crippen LogP contribution in [0.25, 0.3) is 0 Å². The number of aromatic nitrogens is 1. The van der Waals surface area contributed by atoms with Gasteiger partial charge < -0.3 is 0 Å². The van der Waals surface area contributed by atoms with Crippen LogP contribution in [0.15, 0.2) is 5.38 Å². The molecule has 0 N–H and O–H groups in total. The fraction of sp³-hybridized carbons (Fsp3) is 0.700. The monoisotopic (exact) mass is 195 g/mol. The molecule has 1 saturated heterocycles. The van der Waals surface area contributed by atoms with Crippen LogP contribution in [0.2, 0.25) is 0 Å². The SMILES string of the molecule is CCc1csc(C2CC[N]CC2)n1. The second-order valence-corrected chi connectivity index (χ2v) is 4.37. The minimum atomic E-state index is 0.697. The van der Waals surface area contributed by atoms with Crippen LogP contribution in [0.5, 0.6) is 0 Å². The number of rotatable bonds is 2. The summed E-state index contributed by atoms with van der Waals surface area (Å²) >= 11 is 1.83. The molecule has 3 heteroatoms. The van der Waals surface area contributed by atoms with E-state index < -0.39 is 0 Å². The summed E-state index contributed by atoms with van der Waals surface area (Å²) < 4.78 is 0. The van der Waals surface area contributed by atoms with Gasteiger partial charge in [-0.25, -0.2) is 10.3 Å². The first kappa shape index (κ1) is 9.16. The van der Waals surface area contributed by atoms with Crippen molar-refractivity contribution in [1.82, 2.24) is 10.3 Å². The van der Waals surface area contributed by atoms with Crippen molar-refractivity contribution in [3.63, 3.8) is 0 Å². The van der Waals surface area contributed by atoms with E-state index in [1.54, 1.807) is 0 Å². The van der Waals surface area contributed by atoms with Crippen LogP contribution in [0.3, 0.4) is 0 Å². The van der Waals surface area contributed by atoms with Crippen LogP contribution >= 0.6 is 11.3 Å². The fourth-order valence-corrected chi connectivity index (χ4v) is 2.74. The van der Waals surface area contributed by atoms with Gasteiger partial charge in [-0.1, -0.05) is 6.92 Å². The van der Waals surface area contributed by atoms with Gasteiger partial charge in [0.15, 0.2) is 0 Å². The zero-order valence-corrected chi connectivity index (χ0v) is 8.81. The summed E-state index contributed by atoms with van der Waals surface area (Å²) in [6, 6.07) is 0. The zero-order chi connectivity index (χ0) is 9.10. The molecule has 0 saturated carbocycles. The zero-order valence-electron chi connectivity index (χ0n) is 7.99. The van der Waals surface area contributed by atoms with E-state index in [9.17, 15) is 0 Å². The van der Waals surface area contributed by atoms with Crippen LogP contribution in [0.1, 0.15) is 36.4 Å². The van der Waals surface area contributed by atoms with Crippen LogP contribution in [0.4, 0.5) is 0 Å². The van der Waals surface area contributed by atoms with Gasteiger partial charge in [-0.15, -0.1) is 11.3 Å². The van der Waals surface area contributed by atoms with Crippen molar-refractivity contribution in [2.45, 2.75) is 32.1 Å². The molecular formula is C10H15N2S. The number of aryl methyl sites for hydroxylation is 1. The third-order valence-corrected chi connectivity index (χ3v) is 3.61. The van der Waals surface area contributed by atoms with Crippen molar-refractivity contribution in [3.05, 3.63) is 16.1 Å². The molecule has 1 aliphatic rings. The molecule has 1 fully saturated rings. The van der Waals surface area contributed by atoms with Gasteiger partial charge in [0.2, 0.25) is 0 Å². The molecular weight excluding hydrogens is 180 g/mol. The quantitative estimate of drug-likeness (QED) is 0.710. The predicted octanol–water partition coefficient (Wildman–Crippen LogP) is 2.19. The Morgan fingerprint density at radius 3 is 2.85 bits per heavy atom. The molecule has 0 unspecified atom stereocenters. The molecule has 2 heterocycles. The van der Waals surface area contributed by atoms with E-state index in [2.05, 4.69) is 22.6 Å². The Balaban J connectivity index is 2.05. The summed E-state index contributed by atoms with van der Waals surface area (Å²) in [5, 5.41) is 7.89. The molecule has 2 rings (SSSR count). The van der Waals surface area contributed by atoms with E-state index in [0.29, 0.717) is 5.92 Å². The van der Waals surface area contributed by atoms with Crippen molar-refractivity contribution in [2.75, 3.05) is 13.1 Å².